The van der Waals surface area contributed by atoms with E-state index in [2.05, 4.69) is 63.1 Å². The number of amides is 17. The third-order valence-electron chi connectivity index (χ3n) is 24.7. The Labute approximate surface area is 777 Å². The van der Waals surface area contributed by atoms with Gasteiger partial charge in [-0.05, 0) is 111 Å². The minimum absolute atomic E-state index is 0.000145. The third kappa shape index (κ3) is 28.9. The van der Waals surface area contributed by atoms with Crippen LogP contribution in [0.25, 0.3) is 21.8 Å². The summed E-state index contributed by atoms with van der Waals surface area (Å²) in [6.45, 7) is 10.1. The topological polar surface area (TPSA) is 574 Å². The molecule has 0 unspecified atom stereocenters. The molecular weight excluding hydrogens is 1740 g/mol. The van der Waals surface area contributed by atoms with Gasteiger partial charge in [0.1, 0.15) is 84.3 Å². The van der Waals surface area contributed by atoms with Crippen LogP contribution in [-0.4, -0.2) is 324 Å². The summed E-state index contributed by atoms with van der Waals surface area (Å²) in [5.41, 5.74) is 14.8. The van der Waals surface area contributed by atoms with E-state index in [1.54, 1.807) is 76.5 Å². The first-order valence-electron chi connectivity index (χ1n) is 45.7. The number of fused-ring (bicyclic) bond motifs is 4. The van der Waals surface area contributed by atoms with Gasteiger partial charge in [-0.2, -0.15) is 0 Å². The van der Waals surface area contributed by atoms with Crippen LogP contribution in [0.1, 0.15) is 155 Å². The van der Waals surface area contributed by atoms with Crippen molar-refractivity contribution >= 4 is 134 Å². The van der Waals surface area contributed by atoms with Crippen molar-refractivity contribution in [3.05, 3.63) is 102 Å². The number of para-hydroxylation sites is 2. The normalized spacial score (nSPS) is 25.4. The lowest BCUT2D eigenvalue weighted by Gasteiger charge is -2.36. The molecule has 17 amide bonds. The van der Waals surface area contributed by atoms with E-state index in [-0.39, 0.29) is 107 Å². The molecule has 4 aliphatic rings. The zero-order chi connectivity index (χ0) is 97.2. The molecule has 9 rings (SSSR count). The van der Waals surface area contributed by atoms with Crippen molar-refractivity contribution in [1.29, 1.82) is 0 Å². The quantitative estimate of drug-likeness (QED) is 0.0394. The Bertz CT molecular complexity index is 4960. The minimum atomic E-state index is -1.76. The van der Waals surface area contributed by atoms with Crippen LogP contribution in [0.5, 0.6) is 5.75 Å². The number of phenolic OH excluding ortho intramolecular Hbond substituents is 1. The Morgan fingerprint density at radius 2 is 1.05 bits per heavy atom. The number of piperidine rings is 1. The number of aromatic nitrogens is 2. The van der Waals surface area contributed by atoms with Gasteiger partial charge in [-0.25, -0.2) is 0 Å². The number of phenols is 1. The maximum absolute atomic E-state index is 15.6. The summed E-state index contributed by atoms with van der Waals surface area (Å²) in [6, 6.07) is 0.880. The summed E-state index contributed by atoms with van der Waals surface area (Å²) >= 11 is 0.826. The lowest BCUT2D eigenvalue weighted by atomic mass is 9.99. The molecule has 14 atom stereocenters. The lowest BCUT2D eigenvalue weighted by molar-refractivity contribution is -0.149. The molecule has 726 valence electrons. The zero-order valence-electron chi connectivity index (χ0n) is 77.3. The number of H-pyrrole nitrogens is 2. The Kier molecular flexibility index (Phi) is 38.9. The molecule has 41 heteroatoms. The molecule has 2 aromatic heterocycles. The van der Waals surface area contributed by atoms with Crippen LogP contribution in [0.4, 0.5) is 0 Å². The van der Waals surface area contributed by atoms with Crippen molar-refractivity contribution < 1.29 is 96.8 Å². The number of aliphatic hydroxyl groups is 2. The number of thioether (sulfide) groups is 1. The van der Waals surface area contributed by atoms with Gasteiger partial charge < -0.3 is 119 Å². The first kappa shape index (κ1) is 104. The highest BCUT2D eigenvalue weighted by Gasteiger charge is 2.47. The highest BCUT2D eigenvalue weighted by atomic mass is 32.2. The summed E-state index contributed by atoms with van der Waals surface area (Å²) in [7, 11) is 4.04. The molecule has 4 fully saturated rings. The van der Waals surface area contributed by atoms with Gasteiger partial charge in [-0.1, -0.05) is 116 Å². The van der Waals surface area contributed by atoms with Gasteiger partial charge in [0, 0.05) is 120 Å². The molecule has 19 N–H and O–H groups in total. The highest BCUT2D eigenvalue weighted by molar-refractivity contribution is 8.00. The van der Waals surface area contributed by atoms with E-state index in [0.29, 0.717) is 77.0 Å². The second-order valence-electron chi connectivity index (χ2n) is 35.8. The van der Waals surface area contributed by atoms with Gasteiger partial charge in [-0.3, -0.25) is 81.5 Å². The van der Waals surface area contributed by atoms with Crippen LogP contribution in [-0.2, 0) is 101 Å². The summed E-state index contributed by atoms with van der Waals surface area (Å²) in [5.74, 6) is -16.2. The van der Waals surface area contributed by atoms with Crippen LogP contribution < -0.4 is 64.6 Å². The number of aliphatic hydroxyl groups excluding tert-OH is 2. The number of aromatic hydroxyl groups is 1. The summed E-state index contributed by atoms with van der Waals surface area (Å²) in [5, 5.41) is 60.0. The van der Waals surface area contributed by atoms with E-state index in [1.165, 1.54) is 67.0 Å². The molecule has 3 aromatic carbocycles. The molecule has 0 bridgehead atoms. The maximum Gasteiger partial charge on any atom is 0.246 e. The van der Waals surface area contributed by atoms with Crippen LogP contribution in [0, 0.1) is 11.8 Å². The van der Waals surface area contributed by atoms with Crippen molar-refractivity contribution in [1.82, 2.24) is 92.5 Å². The SMILES string of the molecule is CCCC[C@H]1C(=O)N(C)[C@@H](CCCC)C(=O)N[C@@H](CC(C)C)C(=O)N[C@H](C(=O)NCC(=O)N2CCC(O)CC2)CSCC(=O)N[C@@H](Cc2ccc(O)cc2)C(=O)N(C)[C@@H](C)C(=O)N[C@@H](CC(N)=O)C(=O)N2CCC[C@H]2C(=O)N[C@@H](CN)C(=O)N[C@@H](CC(C)C)C(=O)N2C[C@H](O)C[C@H]2C(=O)N[C@@H](Cc2c[nH]c3ccccc23)C(=O)NCC(=O)N[C@@H](Cc2c[nH]c3ccccc23)C(=O)N1C. The number of rotatable bonds is 22. The first-order valence-corrected chi connectivity index (χ1v) is 46.9. The summed E-state index contributed by atoms with van der Waals surface area (Å²) in [4.78, 5) is 263. The predicted molar refractivity (Wildman–Crippen MR) is 493 cm³/mol. The number of likely N-dealkylation sites (N-methyl/N-ethyl adjacent to an activating group) is 3. The van der Waals surface area contributed by atoms with E-state index in [9.17, 15) is 68.1 Å². The number of unbranched alkanes of at least 4 members (excludes halogenated alkanes) is 2. The molecule has 4 saturated heterocycles. The Hall–Kier alpha value is -12.2. The van der Waals surface area contributed by atoms with Gasteiger partial charge in [0.25, 0.3) is 0 Å². The number of primary amides is 1. The Morgan fingerprint density at radius 1 is 0.526 bits per heavy atom. The Morgan fingerprint density at radius 3 is 1.66 bits per heavy atom. The van der Waals surface area contributed by atoms with Gasteiger partial charge in [0.15, 0.2) is 0 Å². The summed E-state index contributed by atoms with van der Waals surface area (Å²) in [6.07, 6.45) is 2.25. The van der Waals surface area contributed by atoms with E-state index >= 15 is 28.8 Å². The first-order chi connectivity index (χ1) is 63.3. The number of carbonyl (C=O) groups is 17. The smallest absolute Gasteiger partial charge is 0.246 e. The average molecular weight is 1870 g/mol. The van der Waals surface area contributed by atoms with Crippen molar-refractivity contribution in [2.24, 2.45) is 23.3 Å². The second-order valence-corrected chi connectivity index (χ2v) is 36.8. The van der Waals surface area contributed by atoms with E-state index in [0.717, 1.165) is 26.5 Å². The van der Waals surface area contributed by atoms with Crippen LogP contribution in [0.15, 0.2) is 85.2 Å². The molecule has 0 aliphatic carbocycles. The minimum Gasteiger partial charge on any atom is -0.508 e. The monoisotopic (exact) mass is 1870 g/mol. The third-order valence-corrected chi connectivity index (χ3v) is 25.8. The molecule has 0 radical (unpaired) electrons. The van der Waals surface area contributed by atoms with E-state index in [4.69, 9.17) is 11.5 Å². The van der Waals surface area contributed by atoms with Crippen LogP contribution >= 0.6 is 11.8 Å². The predicted octanol–water partition coefficient (Wildman–Crippen LogP) is -1.02. The number of nitrogens with zero attached hydrogens (tertiary/aromatic N) is 6. The molecule has 40 nitrogen and oxygen atoms in total. The van der Waals surface area contributed by atoms with Crippen molar-refractivity contribution in [2.75, 3.05) is 78.5 Å². The van der Waals surface area contributed by atoms with Gasteiger partial charge in [-0.15, -0.1) is 11.8 Å². The Balaban J connectivity index is 1.07. The number of hydrogen-bond acceptors (Lipinski definition) is 22. The number of benzene rings is 3. The second kappa shape index (κ2) is 49.5. The maximum atomic E-state index is 15.6. The van der Waals surface area contributed by atoms with Crippen molar-refractivity contribution in [3.8, 4) is 5.75 Å². The zero-order valence-corrected chi connectivity index (χ0v) is 78.1. The van der Waals surface area contributed by atoms with Crippen molar-refractivity contribution in [3.63, 3.8) is 0 Å². The fourth-order valence-electron chi connectivity index (χ4n) is 17.1. The number of likely N-dealkylation sites (tertiary alicyclic amines) is 1. The van der Waals surface area contributed by atoms with E-state index < -0.39 is 230 Å². The molecule has 6 heterocycles. The standard InChI is InChI=1S/C92H132N20O20S/c1-11-13-24-72-85(125)101-64(36-51(3)4)83(123)106-71(82(122)98-47-79(119)110-34-31-58(114)32-35-110)49-133-50-78(118)100-67(38-54-27-29-57(113)30-28-54)88(128)107(8)53(7)80(120)103-69(42-76(94)116)90(130)111-33-19-26-73(111)86(126)105-70(43-93)84(124)104-66(37-52(5)6)91(131)112-48-59(115)41-75(112)87(127)102-65(39-55-44-95-62-22-17-15-20-60(55)62)81(121)97-46-77(117)99-68(40-56-45-96-63-23-18-16-21-61(56)63)89(129)109(10)74(25-14-12-2)92(132)108(72)9/h15-18,20-23,27-30,44-45,51-53,58-59,64-75,95-96,113-115H,11-14,19,24-26,31-43,46-50,93H2,1-10H3,(H2,94,116)(H,97,121)(H,98,122)(H,99,117)(H,100,118)(H,101,125)(H,102,127)(H,103,120)(H,104,124)(H,105,126)(H,106,123)/t53-,59+,64-,65-,66-,67-,68-,69-,70-,71-,72-,73-,74-,75-/m0/s1. The average Bonchev–Trinajstić information content (AvgIpc) is 1.72. The number of aromatic amines is 2. The molecule has 4 aliphatic heterocycles. The fraction of sp³-hybridized carbons (Fsp3) is 0.576. The fourth-order valence-corrected chi connectivity index (χ4v) is 18.0. The molecule has 0 saturated carbocycles. The largest absolute Gasteiger partial charge is 0.508 e. The molecule has 5 aromatic rings. The molecule has 133 heavy (non-hydrogen) atoms. The lowest BCUT2D eigenvalue weighted by Crippen LogP contribution is -2.61. The number of nitrogens with one attached hydrogen (secondary N) is 12. The number of carbonyl (C=O) groups excluding carboxylic acids is 17. The van der Waals surface area contributed by atoms with Crippen LogP contribution in [0.3, 0.4) is 0 Å². The van der Waals surface area contributed by atoms with Crippen LogP contribution in [0.2, 0.25) is 0 Å². The van der Waals surface area contributed by atoms with Gasteiger partial charge in [0.2, 0.25) is 100 Å². The van der Waals surface area contributed by atoms with Crippen molar-refractivity contribution in [2.45, 2.75) is 248 Å². The van der Waals surface area contributed by atoms with Gasteiger partial charge >= 0.3 is 0 Å². The van der Waals surface area contributed by atoms with E-state index in [1.807, 2.05) is 26.0 Å². The molecular formula is C92H132N20O20S. The highest BCUT2D eigenvalue weighted by Crippen LogP contribution is 2.28. The summed E-state index contributed by atoms with van der Waals surface area (Å²) < 4.78 is 0. The van der Waals surface area contributed by atoms with Gasteiger partial charge in [0.05, 0.1) is 37.5 Å². The molecule has 0 spiro atoms. The number of hydrogen-bond donors (Lipinski definition) is 17. The number of nitrogens with two attached hydrogens (primary N) is 2.